The zero-order chi connectivity index (χ0) is 15.0. The van der Waals surface area contributed by atoms with Crippen LogP contribution in [0.2, 0.25) is 0 Å². The van der Waals surface area contributed by atoms with E-state index in [1.807, 2.05) is 13.8 Å². The van der Waals surface area contributed by atoms with Gasteiger partial charge in [-0.05, 0) is 24.5 Å². The van der Waals surface area contributed by atoms with Gasteiger partial charge in [-0.1, -0.05) is 19.9 Å². The second kappa shape index (κ2) is 5.03. The number of benzene rings is 1. The lowest BCUT2D eigenvalue weighted by Gasteiger charge is -2.13. The Balaban J connectivity index is 2.91. The van der Waals surface area contributed by atoms with E-state index in [9.17, 15) is 14.0 Å². The molecule has 0 fully saturated rings. The van der Waals surface area contributed by atoms with Crippen molar-refractivity contribution in [2.45, 2.75) is 33.2 Å². The van der Waals surface area contributed by atoms with E-state index >= 15 is 0 Å². The number of aryl methyl sites for hydroxylation is 1. The molecule has 1 N–H and O–H groups in total. The predicted molar refractivity (Wildman–Crippen MR) is 72.4 cm³/mol. The molecule has 5 nitrogen and oxygen atoms in total. The smallest absolute Gasteiger partial charge is 0.325 e. The Labute approximate surface area is 114 Å². The molecule has 0 bridgehead atoms. The van der Waals surface area contributed by atoms with Crippen LogP contribution in [0.25, 0.3) is 10.8 Å². The first-order valence-corrected chi connectivity index (χ1v) is 6.24. The maximum absolute atomic E-state index is 14.3. The van der Waals surface area contributed by atoms with Crippen molar-refractivity contribution in [3.05, 3.63) is 39.6 Å². The topological polar surface area (TPSA) is 72.2 Å². The average Bonchev–Trinajstić information content (AvgIpc) is 2.36. The standard InChI is InChI=1S/C14H15FN2O3/c1-7(2)13-11-9(5-4-8(3)12(11)15)14(20)17(16-13)6-10(18)19/h4-5,7H,6H2,1-3H3,(H,18,19). The fourth-order valence-electron chi connectivity index (χ4n) is 2.11. The molecule has 106 valence electrons. The van der Waals surface area contributed by atoms with Gasteiger partial charge in [0.25, 0.3) is 5.56 Å². The second-order valence-corrected chi connectivity index (χ2v) is 5.02. The van der Waals surface area contributed by atoms with E-state index in [1.165, 1.54) is 12.1 Å². The summed E-state index contributed by atoms with van der Waals surface area (Å²) in [6.45, 7) is 4.71. The molecule has 1 aromatic carbocycles. The molecule has 1 aromatic heterocycles. The minimum atomic E-state index is -1.17. The largest absolute Gasteiger partial charge is 0.480 e. The molecular formula is C14H15FN2O3. The Morgan fingerprint density at radius 1 is 1.45 bits per heavy atom. The fourth-order valence-corrected chi connectivity index (χ4v) is 2.11. The number of nitrogens with zero attached hydrogens (tertiary/aromatic N) is 2. The maximum atomic E-state index is 14.3. The van der Waals surface area contributed by atoms with E-state index in [-0.39, 0.29) is 16.7 Å². The monoisotopic (exact) mass is 278 g/mol. The minimum absolute atomic E-state index is 0.130. The van der Waals surface area contributed by atoms with Gasteiger partial charge in [0.2, 0.25) is 0 Å². The quantitative estimate of drug-likeness (QED) is 0.932. The van der Waals surface area contributed by atoms with E-state index in [2.05, 4.69) is 5.10 Å². The lowest BCUT2D eigenvalue weighted by Crippen LogP contribution is -2.28. The summed E-state index contributed by atoms with van der Waals surface area (Å²) in [5.74, 6) is -1.77. The van der Waals surface area contributed by atoms with Gasteiger partial charge in [0.05, 0.1) is 11.1 Å². The molecule has 0 unspecified atom stereocenters. The molecule has 0 aliphatic rings. The highest BCUT2D eigenvalue weighted by Gasteiger charge is 2.18. The van der Waals surface area contributed by atoms with E-state index in [0.717, 1.165) is 4.68 Å². The summed E-state index contributed by atoms with van der Waals surface area (Å²) in [7, 11) is 0. The molecule has 0 aliphatic heterocycles. The van der Waals surface area contributed by atoms with Crippen LogP contribution < -0.4 is 5.56 Å². The first-order valence-electron chi connectivity index (χ1n) is 6.24. The molecule has 0 saturated heterocycles. The van der Waals surface area contributed by atoms with Crippen molar-refractivity contribution < 1.29 is 14.3 Å². The third-order valence-corrected chi connectivity index (χ3v) is 3.12. The summed E-state index contributed by atoms with van der Waals surface area (Å²) in [6, 6.07) is 3.02. The average molecular weight is 278 g/mol. The lowest BCUT2D eigenvalue weighted by atomic mass is 10.0. The van der Waals surface area contributed by atoms with E-state index in [4.69, 9.17) is 5.11 Å². The van der Waals surface area contributed by atoms with Gasteiger partial charge in [-0.2, -0.15) is 5.10 Å². The molecule has 1 heterocycles. The van der Waals surface area contributed by atoms with Gasteiger partial charge in [0.15, 0.2) is 0 Å². The molecule has 0 amide bonds. The summed E-state index contributed by atoms with van der Waals surface area (Å²) in [6.07, 6.45) is 0. The SMILES string of the molecule is Cc1ccc2c(=O)n(CC(=O)O)nc(C(C)C)c2c1F. The number of carboxylic acid groups (broad SMARTS) is 1. The van der Waals surface area contributed by atoms with E-state index in [1.54, 1.807) is 6.92 Å². The molecular weight excluding hydrogens is 263 g/mol. The highest BCUT2D eigenvalue weighted by molar-refractivity contribution is 5.85. The van der Waals surface area contributed by atoms with Crippen LogP contribution in [0.1, 0.15) is 31.0 Å². The maximum Gasteiger partial charge on any atom is 0.325 e. The Bertz CT molecular complexity index is 750. The summed E-state index contributed by atoms with van der Waals surface area (Å²) in [4.78, 5) is 23.0. The molecule has 20 heavy (non-hydrogen) atoms. The number of carboxylic acids is 1. The van der Waals surface area contributed by atoms with Gasteiger partial charge in [-0.15, -0.1) is 0 Å². The van der Waals surface area contributed by atoms with Gasteiger partial charge < -0.3 is 5.11 Å². The van der Waals surface area contributed by atoms with Crippen molar-refractivity contribution in [3.63, 3.8) is 0 Å². The Kier molecular flexibility index (Phi) is 3.57. The molecule has 6 heteroatoms. The molecule has 0 spiro atoms. The van der Waals surface area contributed by atoms with Crippen molar-refractivity contribution in [3.8, 4) is 0 Å². The van der Waals surface area contributed by atoms with Crippen molar-refractivity contribution in [1.82, 2.24) is 9.78 Å². The fraction of sp³-hybridized carbons (Fsp3) is 0.357. The Morgan fingerprint density at radius 2 is 2.10 bits per heavy atom. The first-order chi connectivity index (χ1) is 9.32. The van der Waals surface area contributed by atoms with Crippen LogP contribution in [0.3, 0.4) is 0 Å². The van der Waals surface area contributed by atoms with Gasteiger partial charge in [0.1, 0.15) is 12.4 Å². The number of aliphatic carboxylic acids is 1. The zero-order valence-electron chi connectivity index (χ0n) is 11.5. The predicted octanol–water partition coefficient (Wildman–Crippen LogP) is 2.05. The van der Waals surface area contributed by atoms with Crippen molar-refractivity contribution in [2.75, 3.05) is 0 Å². The third kappa shape index (κ3) is 2.29. The van der Waals surface area contributed by atoms with Crippen LogP contribution in [0, 0.1) is 12.7 Å². The highest BCUT2D eigenvalue weighted by Crippen LogP contribution is 2.25. The zero-order valence-corrected chi connectivity index (χ0v) is 11.5. The number of halogens is 1. The second-order valence-electron chi connectivity index (χ2n) is 5.02. The summed E-state index contributed by atoms with van der Waals surface area (Å²) < 4.78 is 15.2. The Hall–Kier alpha value is -2.24. The molecule has 0 aliphatic carbocycles. The summed E-state index contributed by atoms with van der Waals surface area (Å²) in [5, 5.41) is 13.2. The number of hydrogen-bond acceptors (Lipinski definition) is 3. The normalized spacial score (nSPS) is 11.2. The van der Waals surface area contributed by atoms with Crippen molar-refractivity contribution >= 4 is 16.7 Å². The van der Waals surface area contributed by atoms with Gasteiger partial charge in [-0.3, -0.25) is 9.59 Å². The van der Waals surface area contributed by atoms with Gasteiger partial charge in [-0.25, -0.2) is 9.07 Å². The number of carbonyl (C=O) groups is 1. The third-order valence-electron chi connectivity index (χ3n) is 3.12. The first kappa shape index (κ1) is 14.2. The van der Waals surface area contributed by atoms with Crippen LogP contribution >= 0.6 is 0 Å². The number of hydrogen-bond donors (Lipinski definition) is 1. The summed E-state index contributed by atoms with van der Waals surface area (Å²) in [5.41, 5.74) is 0.226. The number of aromatic nitrogens is 2. The molecule has 2 rings (SSSR count). The number of fused-ring (bicyclic) bond motifs is 1. The van der Waals surface area contributed by atoms with E-state index < -0.39 is 23.9 Å². The molecule has 2 aromatic rings. The lowest BCUT2D eigenvalue weighted by molar-refractivity contribution is -0.138. The Morgan fingerprint density at radius 3 is 2.65 bits per heavy atom. The van der Waals surface area contributed by atoms with Crippen LogP contribution in [0.4, 0.5) is 4.39 Å². The van der Waals surface area contributed by atoms with Gasteiger partial charge >= 0.3 is 5.97 Å². The van der Waals surface area contributed by atoms with Crippen LogP contribution in [0.15, 0.2) is 16.9 Å². The van der Waals surface area contributed by atoms with Crippen LogP contribution in [-0.4, -0.2) is 20.9 Å². The minimum Gasteiger partial charge on any atom is -0.480 e. The van der Waals surface area contributed by atoms with Crippen molar-refractivity contribution in [1.29, 1.82) is 0 Å². The highest BCUT2D eigenvalue weighted by atomic mass is 19.1. The molecule has 0 atom stereocenters. The summed E-state index contributed by atoms with van der Waals surface area (Å²) >= 11 is 0. The van der Waals surface area contributed by atoms with Gasteiger partial charge in [0, 0.05) is 5.39 Å². The van der Waals surface area contributed by atoms with Crippen LogP contribution in [0.5, 0.6) is 0 Å². The van der Waals surface area contributed by atoms with Crippen LogP contribution in [-0.2, 0) is 11.3 Å². The number of rotatable bonds is 3. The molecule has 0 saturated carbocycles. The van der Waals surface area contributed by atoms with Crippen molar-refractivity contribution in [2.24, 2.45) is 0 Å². The van der Waals surface area contributed by atoms with E-state index in [0.29, 0.717) is 11.3 Å². The molecule has 0 radical (unpaired) electrons.